The first-order valence-electron chi connectivity index (χ1n) is 3.09. The largest absolute Gasteiger partial charge is 0.477 e. The molecule has 66 valence electrons. The van der Waals surface area contributed by atoms with Gasteiger partial charge in [0.1, 0.15) is 5.70 Å². The highest BCUT2D eigenvalue weighted by atomic mass is 16.6. The van der Waals surface area contributed by atoms with Crippen LogP contribution >= 0.6 is 0 Å². The van der Waals surface area contributed by atoms with Crippen LogP contribution in [0.4, 0.5) is 0 Å². The van der Waals surface area contributed by atoms with Gasteiger partial charge in [0.15, 0.2) is 0 Å². The Hall–Kier alpha value is -1.63. The minimum Gasteiger partial charge on any atom is -0.477 e. The molecule has 1 aliphatic rings. The van der Waals surface area contributed by atoms with Crippen LogP contribution < -0.4 is 10.9 Å². The van der Waals surface area contributed by atoms with E-state index >= 15 is 0 Å². The van der Waals surface area contributed by atoms with Crippen molar-refractivity contribution >= 4 is 5.97 Å². The van der Waals surface area contributed by atoms with Crippen molar-refractivity contribution < 1.29 is 14.8 Å². The minimum atomic E-state index is -1.53. The Bertz CT molecular complexity index is 274. The molecule has 0 fully saturated rings. The first-order valence-corrected chi connectivity index (χ1v) is 3.09. The molecule has 0 amide bonds. The van der Waals surface area contributed by atoms with E-state index in [2.05, 4.69) is 10.9 Å². The molecule has 0 aromatic heterocycles. The quantitative estimate of drug-likeness (QED) is 0.367. The maximum Gasteiger partial charge on any atom is 0.353 e. The molecule has 0 spiro atoms. The first kappa shape index (κ1) is 8.47. The Balaban J connectivity index is 2.89. The molecule has 1 atom stereocenters. The number of aliphatic carboxylic acids is 1. The van der Waals surface area contributed by atoms with Crippen LogP contribution in [0.15, 0.2) is 11.8 Å². The molecule has 1 aliphatic heterocycles. The summed E-state index contributed by atoms with van der Waals surface area (Å²) in [7, 11) is 0. The van der Waals surface area contributed by atoms with E-state index in [4.69, 9.17) is 5.11 Å². The van der Waals surface area contributed by atoms with E-state index in [1.165, 1.54) is 6.92 Å². The molecule has 7 nitrogen and oxygen atoms in total. The number of carboxylic acid groups (broad SMARTS) is 1. The van der Waals surface area contributed by atoms with Crippen LogP contribution in [0.2, 0.25) is 0 Å². The SMILES string of the molecule is CC1([N+](=O)[O-])C=C(C(=O)O)NN1. The van der Waals surface area contributed by atoms with Gasteiger partial charge in [0.2, 0.25) is 0 Å². The highest BCUT2D eigenvalue weighted by Crippen LogP contribution is 2.13. The lowest BCUT2D eigenvalue weighted by atomic mass is 10.2. The molecule has 1 unspecified atom stereocenters. The predicted molar refractivity (Wildman–Crippen MR) is 37.4 cm³/mol. The molecule has 0 saturated carbocycles. The summed E-state index contributed by atoms with van der Waals surface area (Å²) in [4.78, 5) is 20.1. The lowest BCUT2D eigenvalue weighted by molar-refractivity contribution is -0.557. The third-order valence-corrected chi connectivity index (χ3v) is 1.49. The molecular formula is C5H7N3O4. The summed E-state index contributed by atoms with van der Waals surface area (Å²) in [6.45, 7) is 1.26. The van der Waals surface area contributed by atoms with Gasteiger partial charge in [-0.15, -0.1) is 0 Å². The van der Waals surface area contributed by atoms with Crippen LogP contribution in [0.3, 0.4) is 0 Å². The van der Waals surface area contributed by atoms with Gasteiger partial charge in [0, 0.05) is 17.9 Å². The Kier molecular flexibility index (Phi) is 1.73. The molecule has 7 heteroatoms. The summed E-state index contributed by atoms with van der Waals surface area (Å²) in [5.41, 5.74) is 2.69. The van der Waals surface area contributed by atoms with E-state index in [0.717, 1.165) is 6.08 Å². The fraction of sp³-hybridized carbons (Fsp3) is 0.400. The van der Waals surface area contributed by atoms with Crippen LogP contribution in [-0.4, -0.2) is 21.7 Å². The lowest BCUT2D eigenvalue weighted by Gasteiger charge is -2.10. The number of carbonyl (C=O) groups is 1. The fourth-order valence-corrected chi connectivity index (χ4v) is 0.761. The average molecular weight is 173 g/mol. The summed E-state index contributed by atoms with van der Waals surface area (Å²) in [5.74, 6) is -1.23. The summed E-state index contributed by atoms with van der Waals surface area (Å²) >= 11 is 0. The third kappa shape index (κ3) is 1.21. The Labute approximate surface area is 67.2 Å². The van der Waals surface area contributed by atoms with Gasteiger partial charge >= 0.3 is 11.6 Å². The third-order valence-electron chi connectivity index (χ3n) is 1.49. The van der Waals surface area contributed by atoms with Crippen LogP contribution in [0, 0.1) is 10.1 Å². The molecule has 0 aromatic carbocycles. The van der Waals surface area contributed by atoms with Gasteiger partial charge in [-0.05, 0) is 0 Å². The fourth-order valence-electron chi connectivity index (χ4n) is 0.761. The topological polar surface area (TPSA) is 104 Å². The standard InChI is InChI=1S/C5H7N3O4/c1-5(8(11)12)2-3(4(9)10)6-7-5/h2,6-7H,1H3,(H,9,10). The number of rotatable bonds is 2. The Morgan fingerprint density at radius 3 is 2.67 bits per heavy atom. The number of nitrogens with one attached hydrogen (secondary N) is 2. The molecule has 12 heavy (non-hydrogen) atoms. The van der Waals surface area contributed by atoms with Gasteiger partial charge < -0.3 is 10.5 Å². The van der Waals surface area contributed by atoms with Crippen molar-refractivity contribution in [1.82, 2.24) is 10.9 Å². The zero-order valence-electron chi connectivity index (χ0n) is 6.20. The molecule has 0 bridgehead atoms. The minimum absolute atomic E-state index is 0.214. The van der Waals surface area contributed by atoms with E-state index in [0.29, 0.717) is 0 Å². The predicted octanol–water partition coefficient (Wildman–Crippen LogP) is -0.944. The van der Waals surface area contributed by atoms with Crippen molar-refractivity contribution in [2.45, 2.75) is 12.6 Å². The van der Waals surface area contributed by atoms with Crippen LogP contribution in [0.5, 0.6) is 0 Å². The summed E-state index contributed by atoms with van der Waals surface area (Å²) < 4.78 is 0. The zero-order chi connectivity index (χ0) is 9.35. The second-order valence-electron chi connectivity index (χ2n) is 2.52. The van der Waals surface area contributed by atoms with Gasteiger partial charge in [-0.1, -0.05) is 0 Å². The highest BCUT2D eigenvalue weighted by molar-refractivity contribution is 5.86. The van der Waals surface area contributed by atoms with Crippen molar-refractivity contribution in [2.24, 2.45) is 0 Å². The lowest BCUT2D eigenvalue weighted by Crippen LogP contribution is -2.48. The van der Waals surface area contributed by atoms with E-state index in [1.807, 2.05) is 0 Å². The smallest absolute Gasteiger partial charge is 0.353 e. The maximum absolute atomic E-state index is 10.4. The zero-order valence-corrected chi connectivity index (χ0v) is 6.20. The van der Waals surface area contributed by atoms with Crippen molar-refractivity contribution in [3.63, 3.8) is 0 Å². The number of hydrogen-bond acceptors (Lipinski definition) is 5. The number of nitro groups is 1. The number of hydrazine groups is 1. The molecule has 1 heterocycles. The maximum atomic E-state index is 10.4. The van der Waals surface area contributed by atoms with E-state index in [1.54, 1.807) is 0 Å². The van der Waals surface area contributed by atoms with Gasteiger partial charge in [-0.2, -0.15) is 5.43 Å². The average Bonchev–Trinajstić information content (AvgIpc) is 2.33. The Morgan fingerprint density at radius 2 is 2.42 bits per heavy atom. The van der Waals surface area contributed by atoms with Crippen LogP contribution in [0.1, 0.15) is 6.92 Å². The van der Waals surface area contributed by atoms with Crippen molar-refractivity contribution in [3.05, 3.63) is 21.9 Å². The summed E-state index contributed by atoms with van der Waals surface area (Å²) in [6, 6.07) is 0. The summed E-state index contributed by atoms with van der Waals surface area (Å²) in [5, 5.41) is 18.8. The number of nitrogens with zero attached hydrogens (tertiary/aromatic N) is 1. The molecule has 0 radical (unpaired) electrons. The normalized spacial score (nSPS) is 27.6. The molecular weight excluding hydrogens is 166 g/mol. The second kappa shape index (κ2) is 2.45. The monoisotopic (exact) mass is 173 g/mol. The number of hydrogen-bond donors (Lipinski definition) is 3. The van der Waals surface area contributed by atoms with Crippen molar-refractivity contribution in [2.75, 3.05) is 0 Å². The molecule has 3 N–H and O–H groups in total. The molecule has 0 aliphatic carbocycles. The molecule has 1 rings (SSSR count). The van der Waals surface area contributed by atoms with Crippen LogP contribution in [0.25, 0.3) is 0 Å². The number of carboxylic acids is 1. The van der Waals surface area contributed by atoms with Crippen molar-refractivity contribution in [1.29, 1.82) is 0 Å². The molecule has 0 aromatic rings. The first-order chi connectivity index (χ1) is 5.46. The van der Waals surface area contributed by atoms with Gasteiger partial charge in [-0.3, -0.25) is 10.1 Å². The molecule has 0 saturated heterocycles. The van der Waals surface area contributed by atoms with Gasteiger partial charge in [-0.25, -0.2) is 4.79 Å². The van der Waals surface area contributed by atoms with Crippen molar-refractivity contribution in [3.8, 4) is 0 Å². The van der Waals surface area contributed by atoms with E-state index < -0.39 is 16.6 Å². The highest BCUT2D eigenvalue weighted by Gasteiger charge is 2.40. The van der Waals surface area contributed by atoms with E-state index in [9.17, 15) is 14.9 Å². The van der Waals surface area contributed by atoms with E-state index in [-0.39, 0.29) is 5.70 Å². The summed E-state index contributed by atoms with van der Waals surface area (Å²) in [6.07, 6.45) is 1.01. The van der Waals surface area contributed by atoms with Gasteiger partial charge in [0.25, 0.3) is 0 Å². The van der Waals surface area contributed by atoms with Gasteiger partial charge in [0.05, 0.1) is 0 Å². The van der Waals surface area contributed by atoms with Crippen LogP contribution in [-0.2, 0) is 4.79 Å². The second-order valence-corrected chi connectivity index (χ2v) is 2.52. The Morgan fingerprint density at radius 1 is 1.83 bits per heavy atom.